The fraction of sp³-hybridized carbons (Fsp3) is 0.100. The number of ketones is 2. The number of nitrogens with one attached hydrogen (secondary N) is 2. The highest BCUT2D eigenvalue weighted by Crippen LogP contribution is 2.50. The van der Waals surface area contributed by atoms with Gasteiger partial charge in [-0.15, -0.1) is 11.3 Å². The van der Waals surface area contributed by atoms with Gasteiger partial charge in [0.05, 0.1) is 18.2 Å². The van der Waals surface area contributed by atoms with Gasteiger partial charge in [0.25, 0.3) is 23.2 Å². The number of methoxy groups -OCH3 is 1. The predicted molar refractivity (Wildman–Crippen MR) is 200 cm³/mol. The van der Waals surface area contributed by atoms with E-state index < -0.39 is 45.7 Å². The minimum atomic E-state index is -2.92. The van der Waals surface area contributed by atoms with Crippen LogP contribution in [0.1, 0.15) is 37.4 Å². The van der Waals surface area contributed by atoms with Gasteiger partial charge in [0.15, 0.2) is 5.13 Å². The largest absolute Gasteiger partial charge is 0.497 e. The molecule has 0 saturated heterocycles. The fourth-order valence-electron chi connectivity index (χ4n) is 6.34. The SMILES string of the molecule is COc1cccc(-c2c(F)sc3c2C(=O)C(F)(c2ccccc2)C(=O)N3)c1.Cc1cccc(C2(F)C(=O)Nc3sc(Cl)c(-c4cccc(F)c4)c3C2=O)c1. The maximum absolute atomic E-state index is 15.9. The first-order valence-electron chi connectivity index (χ1n) is 16.1. The molecule has 2 atom stereocenters. The maximum atomic E-state index is 15.9. The lowest BCUT2D eigenvalue weighted by Gasteiger charge is -2.28. The van der Waals surface area contributed by atoms with Gasteiger partial charge in [-0.3, -0.25) is 19.2 Å². The molecule has 54 heavy (non-hydrogen) atoms. The van der Waals surface area contributed by atoms with Crippen molar-refractivity contribution in [2.45, 2.75) is 18.3 Å². The van der Waals surface area contributed by atoms with Gasteiger partial charge >= 0.3 is 0 Å². The average molecular weight is 789 g/mol. The number of hydrogen-bond acceptors (Lipinski definition) is 7. The van der Waals surface area contributed by atoms with Gasteiger partial charge in [0, 0.05) is 22.3 Å². The number of amides is 2. The Bertz CT molecular complexity index is 2520. The summed E-state index contributed by atoms with van der Waals surface area (Å²) in [6, 6.07) is 25.6. The third-order valence-corrected chi connectivity index (χ3v) is 11.2. The maximum Gasteiger partial charge on any atom is 0.276 e. The first-order valence-corrected chi connectivity index (χ1v) is 18.1. The van der Waals surface area contributed by atoms with Crippen LogP contribution in [0.25, 0.3) is 22.3 Å². The number of ether oxygens (including phenoxy) is 1. The van der Waals surface area contributed by atoms with E-state index in [9.17, 15) is 28.0 Å². The van der Waals surface area contributed by atoms with Crippen molar-refractivity contribution in [3.05, 3.63) is 146 Å². The quantitative estimate of drug-likeness (QED) is 0.134. The summed E-state index contributed by atoms with van der Waals surface area (Å²) in [6.45, 7) is 1.74. The van der Waals surface area contributed by atoms with E-state index in [0.717, 1.165) is 11.3 Å². The molecule has 2 unspecified atom stereocenters. The molecular weight excluding hydrogens is 764 g/mol. The number of anilines is 2. The van der Waals surface area contributed by atoms with E-state index in [1.807, 2.05) is 0 Å². The lowest BCUT2D eigenvalue weighted by atomic mass is 9.82. The molecule has 14 heteroatoms. The standard InChI is InChI=1S/C20H12ClF2NO2S.C20H13F2NO3S/c1-10-4-2-6-12(8-10)20(23)16(25)15-14(11-5-3-7-13(22)9-11)17(21)27-18(15)24-19(20)26;1-26-13-9-5-6-11(10-13)14-15-16(24)20(22,12-7-3-2-4-8-12)19(25)23-18(15)27-17(14)21/h2-9H,1H3,(H,24,26);2-10H,1H3,(H,23,25). The van der Waals surface area contributed by atoms with Crippen molar-refractivity contribution >= 4 is 67.7 Å². The number of thiophene rings is 2. The summed E-state index contributed by atoms with van der Waals surface area (Å²) in [7, 11) is 1.46. The minimum Gasteiger partial charge on any atom is -0.497 e. The molecule has 7 nitrogen and oxygen atoms in total. The van der Waals surface area contributed by atoms with Gasteiger partial charge in [0.2, 0.25) is 11.6 Å². The van der Waals surface area contributed by atoms with Crippen molar-refractivity contribution in [3.63, 3.8) is 0 Å². The van der Waals surface area contributed by atoms with Crippen molar-refractivity contribution in [2.75, 3.05) is 17.7 Å². The van der Waals surface area contributed by atoms with E-state index in [1.165, 1.54) is 61.7 Å². The third-order valence-electron chi connectivity index (χ3n) is 8.95. The highest BCUT2D eigenvalue weighted by molar-refractivity contribution is 7.21. The summed E-state index contributed by atoms with van der Waals surface area (Å²) in [5.74, 6) is -4.31. The van der Waals surface area contributed by atoms with E-state index in [2.05, 4.69) is 10.6 Å². The molecule has 2 amide bonds. The van der Waals surface area contributed by atoms with E-state index in [0.29, 0.717) is 33.8 Å². The first-order chi connectivity index (χ1) is 25.8. The predicted octanol–water partition coefficient (Wildman–Crippen LogP) is 10.1. The molecule has 0 radical (unpaired) electrons. The van der Waals surface area contributed by atoms with Gasteiger partial charge in [0.1, 0.15) is 25.9 Å². The van der Waals surface area contributed by atoms with Crippen LogP contribution in [0.2, 0.25) is 4.34 Å². The van der Waals surface area contributed by atoms with Crippen LogP contribution >= 0.6 is 34.3 Å². The summed E-state index contributed by atoms with van der Waals surface area (Å²) in [5.41, 5.74) is -4.57. The highest BCUT2D eigenvalue weighted by Gasteiger charge is 2.55. The van der Waals surface area contributed by atoms with Crippen molar-refractivity contribution in [3.8, 4) is 28.0 Å². The molecule has 0 fully saturated rings. The second-order valence-corrected chi connectivity index (χ2v) is 14.9. The molecule has 2 N–H and O–H groups in total. The molecule has 272 valence electrons. The second-order valence-electron chi connectivity index (χ2n) is 12.3. The molecule has 2 aliphatic rings. The van der Waals surface area contributed by atoms with Crippen LogP contribution < -0.4 is 15.4 Å². The van der Waals surface area contributed by atoms with E-state index in [1.54, 1.807) is 55.5 Å². The number of fused-ring (bicyclic) bond motifs is 2. The Morgan fingerprint density at radius 2 is 1.19 bits per heavy atom. The van der Waals surface area contributed by atoms with E-state index >= 15 is 8.78 Å². The van der Waals surface area contributed by atoms with Crippen LogP contribution in [0, 0.1) is 17.9 Å². The smallest absolute Gasteiger partial charge is 0.276 e. The number of Topliss-reactive ketones (excluding diaryl/α,β-unsaturated/α-hetero) is 2. The molecule has 2 aromatic heterocycles. The third kappa shape index (κ3) is 5.98. The Labute approximate surface area is 318 Å². The van der Waals surface area contributed by atoms with Gasteiger partial charge in [-0.05, 0) is 42.3 Å². The Balaban J connectivity index is 0.000000167. The van der Waals surface area contributed by atoms with Gasteiger partial charge in [-0.1, -0.05) is 107 Å². The normalized spacial score (nSPS) is 18.9. The number of aryl methyl sites for hydroxylation is 1. The molecule has 0 spiro atoms. The van der Waals surface area contributed by atoms with Crippen LogP contribution in [0.15, 0.2) is 103 Å². The van der Waals surface area contributed by atoms with Crippen LogP contribution in [0.4, 0.5) is 27.6 Å². The lowest BCUT2D eigenvalue weighted by Crippen LogP contribution is -2.47. The number of benzene rings is 4. The van der Waals surface area contributed by atoms with Crippen molar-refractivity contribution < 1.29 is 41.5 Å². The van der Waals surface area contributed by atoms with Crippen molar-refractivity contribution in [1.82, 2.24) is 0 Å². The Morgan fingerprint density at radius 3 is 1.81 bits per heavy atom. The molecule has 4 aromatic carbocycles. The summed E-state index contributed by atoms with van der Waals surface area (Å²) in [6.07, 6.45) is 0. The fourth-order valence-corrected chi connectivity index (χ4v) is 8.65. The Kier molecular flexibility index (Phi) is 9.50. The molecule has 0 aliphatic carbocycles. The zero-order chi connectivity index (χ0) is 38.5. The molecular formula is C40H25ClF4N2O5S2. The zero-order valence-electron chi connectivity index (χ0n) is 28.1. The minimum absolute atomic E-state index is 0.00419. The van der Waals surface area contributed by atoms with Crippen LogP contribution in [-0.4, -0.2) is 30.5 Å². The van der Waals surface area contributed by atoms with E-state index in [-0.39, 0.29) is 47.7 Å². The Hall–Kier alpha value is -5.63. The van der Waals surface area contributed by atoms with Gasteiger partial charge < -0.3 is 15.4 Å². The monoisotopic (exact) mass is 788 g/mol. The van der Waals surface area contributed by atoms with Crippen LogP contribution in [-0.2, 0) is 20.9 Å². The number of carbonyl (C=O) groups excluding carboxylic acids is 4. The van der Waals surface area contributed by atoms with E-state index in [4.69, 9.17) is 16.3 Å². The first kappa shape index (κ1) is 36.7. The number of rotatable bonds is 5. The van der Waals surface area contributed by atoms with Gasteiger partial charge in [-0.2, -0.15) is 4.39 Å². The summed E-state index contributed by atoms with van der Waals surface area (Å²) in [5, 5.41) is 4.29. The lowest BCUT2D eigenvalue weighted by molar-refractivity contribution is -0.126. The van der Waals surface area contributed by atoms with Crippen molar-refractivity contribution in [1.29, 1.82) is 0 Å². The molecule has 4 heterocycles. The average Bonchev–Trinajstić information content (AvgIpc) is 3.68. The number of hydrogen-bond donors (Lipinski definition) is 2. The zero-order valence-corrected chi connectivity index (χ0v) is 30.5. The summed E-state index contributed by atoms with van der Waals surface area (Å²) >= 11 is 7.82. The molecule has 6 aromatic rings. The molecule has 2 aliphatic heterocycles. The highest BCUT2D eigenvalue weighted by atomic mass is 35.5. The number of halogens is 5. The summed E-state index contributed by atoms with van der Waals surface area (Å²) < 4.78 is 65.3. The van der Waals surface area contributed by atoms with Gasteiger partial charge in [-0.25, -0.2) is 13.2 Å². The van der Waals surface area contributed by atoms with Crippen molar-refractivity contribution in [2.24, 2.45) is 0 Å². The number of alkyl halides is 2. The van der Waals surface area contributed by atoms with Crippen LogP contribution in [0.5, 0.6) is 5.75 Å². The van der Waals surface area contributed by atoms with Crippen LogP contribution in [0.3, 0.4) is 0 Å². The Morgan fingerprint density at radius 1 is 0.630 bits per heavy atom. The number of carbonyl (C=O) groups is 4. The molecule has 8 rings (SSSR count). The molecule has 0 bridgehead atoms. The summed E-state index contributed by atoms with van der Waals surface area (Å²) in [4.78, 5) is 51.2. The topological polar surface area (TPSA) is 102 Å². The second kappa shape index (κ2) is 14.0. The molecule has 0 saturated carbocycles.